The molecule has 0 spiro atoms. The number of nitrogens with zero attached hydrogens (tertiary/aromatic N) is 3. The maximum atomic E-state index is 12.7. The fourth-order valence-corrected chi connectivity index (χ4v) is 4.48. The lowest BCUT2D eigenvalue weighted by Crippen LogP contribution is -2.54. The summed E-state index contributed by atoms with van der Waals surface area (Å²) in [6.07, 6.45) is -0.614. The van der Waals surface area contributed by atoms with Crippen LogP contribution < -0.4 is 15.5 Å². The van der Waals surface area contributed by atoms with E-state index in [1.54, 1.807) is 0 Å². The zero-order valence-electron chi connectivity index (χ0n) is 16.7. The van der Waals surface area contributed by atoms with Crippen molar-refractivity contribution in [3.63, 3.8) is 0 Å². The first-order valence-electron chi connectivity index (χ1n) is 9.98. The third-order valence-corrected chi connectivity index (χ3v) is 5.87. The van der Waals surface area contributed by atoms with Crippen LogP contribution in [0, 0.1) is 0 Å². The molecular formula is C22H23N5O2S. The third kappa shape index (κ3) is 3.27. The van der Waals surface area contributed by atoms with Crippen LogP contribution in [0.2, 0.25) is 0 Å². The Kier molecular flexibility index (Phi) is 4.77. The van der Waals surface area contributed by atoms with Gasteiger partial charge in [-0.25, -0.2) is 10.2 Å². The second kappa shape index (κ2) is 7.46. The number of thiol groups is 1. The quantitative estimate of drug-likeness (QED) is 0.485. The number of carbonyl (C=O) groups excluding carboxylic acids is 1. The summed E-state index contributed by atoms with van der Waals surface area (Å²) in [7, 11) is 0. The normalized spacial score (nSPS) is 24.2. The van der Waals surface area contributed by atoms with E-state index >= 15 is 0 Å². The van der Waals surface area contributed by atoms with E-state index in [0.29, 0.717) is 12.3 Å². The van der Waals surface area contributed by atoms with Gasteiger partial charge in [0.15, 0.2) is 6.10 Å². The van der Waals surface area contributed by atoms with E-state index in [2.05, 4.69) is 57.4 Å². The van der Waals surface area contributed by atoms with Crippen LogP contribution in [-0.4, -0.2) is 39.0 Å². The van der Waals surface area contributed by atoms with Crippen LogP contribution in [0.3, 0.4) is 0 Å². The minimum atomic E-state index is -0.475. The highest BCUT2D eigenvalue weighted by Crippen LogP contribution is 2.37. The molecule has 2 aromatic carbocycles. The van der Waals surface area contributed by atoms with Gasteiger partial charge in [0.1, 0.15) is 5.75 Å². The standard InChI is InChI=1S/C22H23N5O2S/c1-13-21-17(24-22(28)27(30)25-14(2)23-13)12-26-18-9-5-3-7-15(18)11-19(26)16-8-4-6-10-20(16)29-21/h3-11,13-14,21,23,25,30H,12H2,1-2H3. The number of carbonyl (C=O) groups is 1. The minimum Gasteiger partial charge on any atom is -0.482 e. The molecule has 2 aliphatic heterocycles. The second-order valence-corrected chi connectivity index (χ2v) is 8.11. The van der Waals surface area contributed by atoms with Gasteiger partial charge in [-0.1, -0.05) is 30.3 Å². The Bertz CT molecular complexity index is 1160. The number of hydrazine groups is 1. The lowest BCUT2D eigenvalue weighted by Gasteiger charge is -2.31. The van der Waals surface area contributed by atoms with E-state index < -0.39 is 12.1 Å². The van der Waals surface area contributed by atoms with Crippen molar-refractivity contribution in [3.8, 4) is 17.0 Å². The van der Waals surface area contributed by atoms with Gasteiger partial charge in [0.25, 0.3) is 0 Å². The van der Waals surface area contributed by atoms with Crippen LogP contribution in [0.4, 0.5) is 4.79 Å². The largest absolute Gasteiger partial charge is 0.482 e. The first-order valence-corrected chi connectivity index (χ1v) is 10.4. The molecular weight excluding hydrogens is 398 g/mol. The molecule has 1 aromatic heterocycles. The number of aromatic nitrogens is 1. The average molecular weight is 422 g/mol. The fourth-order valence-electron chi connectivity index (χ4n) is 4.26. The van der Waals surface area contributed by atoms with Gasteiger partial charge in [-0.05, 0) is 50.9 Å². The smallest absolute Gasteiger partial charge is 0.368 e. The van der Waals surface area contributed by atoms with E-state index in [0.717, 1.165) is 32.3 Å². The number of benzene rings is 2. The molecule has 2 N–H and O–H groups in total. The summed E-state index contributed by atoms with van der Waals surface area (Å²) in [5, 5.41) is 4.57. The summed E-state index contributed by atoms with van der Waals surface area (Å²) in [5.41, 5.74) is 6.77. The molecule has 3 atom stereocenters. The van der Waals surface area contributed by atoms with Crippen LogP contribution in [0.5, 0.6) is 5.75 Å². The van der Waals surface area contributed by atoms with Gasteiger partial charge < -0.3 is 9.30 Å². The van der Waals surface area contributed by atoms with Gasteiger partial charge in [0.05, 0.1) is 24.1 Å². The molecule has 30 heavy (non-hydrogen) atoms. The van der Waals surface area contributed by atoms with Crippen LogP contribution in [-0.2, 0) is 6.54 Å². The van der Waals surface area contributed by atoms with Crippen molar-refractivity contribution in [3.05, 3.63) is 54.6 Å². The summed E-state index contributed by atoms with van der Waals surface area (Å²) in [4.78, 5) is 17.1. The molecule has 0 bridgehead atoms. The van der Waals surface area contributed by atoms with Crippen LogP contribution in [0.1, 0.15) is 13.8 Å². The van der Waals surface area contributed by atoms with E-state index in [-0.39, 0.29) is 12.2 Å². The molecule has 7 nitrogen and oxygen atoms in total. The number of hydrogen-bond donors (Lipinski definition) is 3. The van der Waals surface area contributed by atoms with E-state index in [1.165, 1.54) is 0 Å². The lowest BCUT2D eigenvalue weighted by molar-refractivity contribution is 0.192. The SMILES string of the molecule is CC1NC(C)C2Oc3ccccc3-c3cc4ccccc4n3CC2=NC(=O)N(S)N1. The molecule has 2 amide bonds. The van der Waals surface area contributed by atoms with Crippen molar-refractivity contribution in [2.45, 2.75) is 38.7 Å². The van der Waals surface area contributed by atoms with Crippen LogP contribution in [0.15, 0.2) is 59.6 Å². The second-order valence-electron chi connectivity index (χ2n) is 7.71. The first kappa shape index (κ1) is 19.2. The van der Waals surface area contributed by atoms with Gasteiger partial charge >= 0.3 is 6.03 Å². The molecule has 5 rings (SSSR count). The van der Waals surface area contributed by atoms with E-state index in [1.807, 2.05) is 44.2 Å². The van der Waals surface area contributed by atoms with Gasteiger partial charge in [0.2, 0.25) is 0 Å². The van der Waals surface area contributed by atoms with Gasteiger partial charge in [0, 0.05) is 22.5 Å². The Morgan fingerprint density at radius 1 is 1.13 bits per heavy atom. The monoisotopic (exact) mass is 421 g/mol. The molecule has 3 unspecified atom stereocenters. The molecule has 0 radical (unpaired) electrons. The zero-order valence-corrected chi connectivity index (χ0v) is 17.6. The molecule has 0 aliphatic carbocycles. The summed E-state index contributed by atoms with van der Waals surface area (Å²) < 4.78 is 9.82. The number of amides is 2. The van der Waals surface area contributed by atoms with Crippen LogP contribution in [0.25, 0.3) is 22.2 Å². The summed E-state index contributed by atoms with van der Waals surface area (Å²) in [6, 6.07) is 17.8. The Balaban J connectivity index is 1.74. The maximum absolute atomic E-state index is 12.7. The molecule has 0 saturated heterocycles. The number of aliphatic imine (C=N–C) groups is 1. The number of hydrogen-bond acceptors (Lipinski definition) is 5. The van der Waals surface area contributed by atoms with E-state index in [9.17, 15) is 4.79 Å². The van der Waals surface area contributed by atoms with Crippen LogP contribution >= 0.6 is 12.8 Å². The number of fused-ring (bicyclic) bond motifs is 6. The number of nitrogens with one attached hydrogen (secondary N) is 2. The van der Waals surface area contributed by atoms with Gasteiger partial charge in [-0.3, -0.25) is 5.32 Å². The van der Waals surface area contributed by atoms with Crippen molar-refractivity contribution in [1.29, 1.82) is 0 Å². The maximum Gasteiger partial charge on any atom is 0.368 e. The molecule has 3 aromatic rings. The molecule has 0 fully saturated rings. The lowest BCUT2D eigenvalue weighted by atomic mass is 10.0. The highest BCUT2D eigenvalue weighted by molar-refractivity contribution is 7.78. The van der Waals surface area contributed by atoms with Crippen molar-refractivity contribution in [1.82, 2.24) is 19.7 Å². The topological polar surface area (TPSA) is 70.9 Å². The zero-order chi connectivity index (χ0) is 20.8. The molecule has 2 aliphatic rings. The summed E-state index contributed by atoms with van der Waals surface area (Å²) in [6.45, 7) is 4.40. The van der Waals surface area contributed by atoms with E-state index in [4.69, 9.17) is 4.74 Å². The highest BCUT2D eigenvalue weighted by Gasteiger charge is 2.33. The Morgan fingerprint density at radius 2 is 1.90 bits per heavy atom. The van der Waals surface area contributed by atoms with Gasteiger partial charge in [-0.2, -0.15) is 9.41 Å². The van der Waals surface area contributed by atoms with Crippen molar-refractivity contribution >= 4 is 35.5 Å². The highest BCUT2D eigenvalue weighted by atomic mass is 32.1. The van der Waals surface area contributed by atoms with Crippen molar-refractivity contribution in [2.24, 2.45) is 4.99 Å². The fraction of sp³-hybridized carbons (Fsp3) is 0.273. The Morgan fingerprint density at radius 3 is 2.77 bits per heavy atom. The number of rotatable bonds is 0. The van der Waals surface area contributed by atoms with Crippen molar-refractivity contribution < 1.29 is 9.53 Å². The summed E-state index contributed by atoms with van der Waals surface area (Å²) in [5.74, 6) is 0.766. The summed E-state index contributed by atoms with van der Waals surface area (Å²) >= 11 is 4.24. The predicted molar refractivity (Wildman–Crippen MR) is 121 cm³/mol. The Labute approximate surface area is 180 Å². The number of ether oxygens (including phenoxy) is 1. The third-order valence-electron chi connectivity index (χ3n) is 5.58. The average Bonchev–Trinajstić information content (AvgIpc) is 3.08. The molecule has 154 valence electrons. The first-order chi connectivity index (χ1) is 14.5. The number of para-hydroxylation sites is 2. The van der Waals surface area contributed by atoms with Crippen molar-refractivity contribution in [2.75, 3.05) is 0 Å². The predicted octanol–water partition coefficient (Wildman–Crippen LogP) is 3.62. The molecule has 0 saturated carbocycles. The van der Waals surface area contributed by atoms with Gasteiger partial charge in [-0.15, -0.1) is 0 Å². The Hall–Kier alpha value is -2.81. The minimum absolute atomic E-state index is 0.102. The molecule has 8 heteroatoms. The molecule has 3 heterocycles. The number of urea groups is 1.